The topological polar surface area (TPSA) is 43.4 Å². The molecule has 0 aromatic rings. The summed E-state index contributed by atoms with van der Waals surface area (Å²) in [6.45, 7) is 6.96. The summed E-state index contributed by atoms with van der Waals surface area (Å²) in [7, 11) is 0. The number of hydrogen-bond acceptors (Lipinski definition) is 4. The zero-order valence-corrected chi connectivity index (χ0v) is 9.36. The standard InChI is InChI=1S/C9H16O3S/c1-7(10)5-13-6-8(11)12-9(2,3)4/h5-6H2,1-4H3. The Kier molecular flexibility index (Phi) is 5.06. The van der Waals surface area contributed by atoms with E-state index in [1.165, 1.54) is 18.7 Å². The minimum atomic E-state index is -0.437. The van der Waals surface area contributed by atoms with Crippen LogP contribution in [0.5, 0.6) is 0 Å². The monoisotopic (exact) mass is 204 g/mol. The first kappa shape index (κ1) is 12.5. The van der Waals surface area contributed by atoms with Crippen molar-refractivity contribution in [1.29, 1.82) is 0 Å². The van der Waals surface area contributed by atoms with Gasteiger partial charge in [0, 0.05) is 0 Å². The van der Waals surface area contributed by atoms with Gasteiger partial charge >= 0.3 is 5.97 Å². The van der Waals surface area contributed by atoms with Gasteiger partial charge in [-0.25, -0.2) is 0 Å². The highest BCUT2D eigenvalue weighted by atomic mass is 32.2. The van der Waals surface area contributed by atoms with Crippen LogP contribution in [0.1, 0.15) is 27.7 Å². The predicted molar refractivity (Wildman–Crippen MR) is 53.9 cm³/mol. The summed E-state index contributed by atoms with van der Waals surface area (Å²) in [5, 5.41) is 0. The fraction of sp³-hybridized carbons (Fsp3) is 0.778. The van der Waals surface area contributed by atoms with Gasteiger partial charge in [-0.05, 0) is 27.7 Å². The van der Waals surface area contributed by atoms with Crippen molar-refractivity contribution in [3.05, 3.63) is 0 Å². The van der Waals surface area contributed by atoms with Crippen LogP contribution in [0, 0.1) is 0 Å². The van der Waals surface area contributed by atoms with Crippen LogP contribution >= 0.6 is 11.8 Å². The maximum absolute atomic E-state index is 11.1. The number of rotatable bonds is 4. The second-order valence-electron chi connectivity index (χ2n) is 3.78. The van der Waals surface area contributed by atoms with Gasteiger partial charge in [-0.2, -0.15) is 0 Å². The zero-order chi connectivity index (χ0) is 10.5. The second kappa shape index (κ2) is 5.27. The largest absolute Gasteiger partial charge is 0.459 e. The molecule has 0 fully saturated rings. The molecule has 0 N–H and O–H groups in total. The Morgan fingerprint density at radius 3 is 2.15 bits per heavy atom. The molecule has 0 aliphatic heterocycles. The first-order valence-electron chi connectivity index (χ1n) is 4.10. The maximum Gasteiger partial charge on any atom is 0.316 e. The molecular weight excluding hydrogens is 188 g/mol. The summed E-state index contributed by atoms with van der Waals surface area (Å²) >= 11 is 1.29. The van der Waals surface area contributed by atoms with E-state index in [0.29, 0.717) is 5.75 Å². The average Bonchev–Trinajstić information content (AvgIpc) is 1.81. The molecule has 0 heterocycles. The fourth-order valence-electron chi connectivity index (χ4n) is 0.649. The third kappa shape index (κ3) is 9.40. The van der Waals surface area contributed by atoms with Crippen LogP contribution < -0.4 is 0 Å². The number of hydrogen-bond donors (Lipinski definition) is 0. The Balaban J connectivity index is 3.59. The summed E-state index contributed by atoms with van der Waals surface area (Å²) in [5.74, 6) is 0.433. The van der Waals surface area contributed by atoms with Crippen LogP contribution in [0.2, 0.25) is 0 Å². The smallest absolute Gasteiger partial charge is 0.316 e. The normalized spacial score (nSPS) is 11.1. The van der Waals surface area contributed by atoms with Crippen molar-refractivity contribution in [2.75, 3.05) is 11.5 Å². The highest BCUT2D eigenvalue weighted by molar-refractivity contribution is 8.00. The molecule has 0 spiro atoms. The predicted octanol–water partition coefficient (Wildman–Crippen LogP) is 1.65. The number of carbonyl (C=O) groups is 2. The molecule has 0 atom stereocenters. The SMILES string of the molecule is CC(=O)CSCC(=O)OC(C)(C)C. The van der Waals surface area contributed by atoms with Gasteiger partial charge in [0.15, 0.2) is 0 Å². The summed E-state index contributed by atoms with van der Waals surface area (Å²) in [6, 6.07) is 0. The van der Waals surface area contributed by atoms with Crippen molar-refractivity contribution < 1.29 is 14.3 Å². The lowest BCUT2D eigenvalue weighted by molar-refractivity contribution is -0.151. The van der Waals surface area contributed by atoms with Gasteiger partial charge in [-0.15, -0.1) is 11.8 Å². The number of thioether (sulfide) groups is 1. The molecule has 0 aliphatic rings. The Morgan fingerprint density at radius 2 is 1.77 bits per heavy atom. The highest BCUT2D eigenvalue weighted by Crippen LogP contribution is 2.09. The molecule has 0 aromatic heterocycles. The number of Topliss-reactive ketones (excluding diaryl/α,β-unsaturated/α-hetero) is 1. The highest BCUT2D eigenvalue weighted by Gasteiger charge is 2.15. The lowest BCUT2D eigenvalue weighted by Crippen LogP contribution is -2.25. The first-order valence-corrected chi connectivity index (χ1v) is 5.26. The van der Waals surface area contributed by atoms with Gasteiger partial charge in [0.05, 0.1) is 11.5 Å². The number of carbonyl (C=O) groups excluding carboxylic acids is 2. The molecule has 76 valence electrons. The fourth-order valence-corrected chi connectivity index (χ4v) is 1.26. The van der Waals surface area contributed by atoms with Crippen LogP contribution in [0.25, 0.3) is 0 Å². The van der Waals surface area contributed by atoms with E-state index in [-0.39, 0.29) is 17.5 Å². The van der Waals surface area contributed by atoms with Crippen molar-refractivity contribution in [2.24, 2.45) is 0 Å². The lowest BCUT2D eigenvalue weighted by atomic mass is 10.2. The van der Waals surface area contributed by atoms with E-state index in [1.807, 2.05) is 20.8 Å². The summed E-state index contributed by atoms with van der Waals surface area (Å²) in [4.78, 5) is 21.6. The average molecular weight is 204 g/mol. The van der Waals surface area contributed by atoms with Crippen molar-refractivity contribution in [2.45, 2.75) is 33.3 Å². The van der Waals surface area contributed by atoms with E-state index in [4.69, 9.17) is 4.74 Å². The molecule has 13 heavy (non-hydrogen) atoms. The molecular formula is C9H16O3S. The van der Waals surface area contributed by atoms with Gasteiger partial charge in [-0.3, -0.25) is 9.59 Å². The third-order valence-electron chi connectivity index (χ3n) is 0.945. The second-order valence-corrected chi connectivity index (χ2v) is 4.77. The molecule has 0 aliphatic carbocycles. The van der Waals surface area contributed by atoms with Gasteiger partial charge in [0.1, 0.15) is 11.4 Å². The maximum atomic E-state index is 11.1. The van der Waals surface area contributed by atoms with Gasteiger partial charge < -0.3 is 4.74 Å². The van der Waals surface area contributed by atoms with E-state index in [9.17, 15) is 9.59 Å². The first-order chi connectivity index (χ1) is 5.81. The molecule has 0 rings (SSSR count). The van der Waals surface area contributed by atoms with Crippen molar-refractivity contribution in [3.63, 3.8) is 0 Å². The van der Waals surface area contributed by atoms with Crippen molar-refractivity contribution >= 4 is 23.5 Å². The third-order valence-corrected chi connectivity index (χ3v) is 2.00. The Hall–Kier alpha value is -0.510. The van der Waals surface area contributed by atoms with Gasteiger partial charge in [0.2, 0.25) is 0 Å². The van der Waals surface area contributed by atoms with Crippen molar-refractivity contribution in [3.8, 4) is 0 Å². The molecule has 0 radical (unpaired) electrons. The van der Waals surface area contributed by atoms with Crippen LogP contribution in [0.4, 0.5) is 0 Å². The quantitative estimate of drug-likeness (QED) is 0.653. The summed E-state index contributed by atoms with van der Waals surface area (Å²) in [6.07, 6.45) is 0. The van der Waals surface area contributed by atoms with Crippen LogP contribution in [-0.4, -0.2) is 28.9 Å². The van der Waals surface area contributed by atoms with Gasteiger partial charge in [-0.1, -0.05) is 0 Å². The van der Waals surface area contributed by atoms with E-state index in [0.717, 1.165) is 0 Å². The number of esters is 1. The minimum absolute atomic E-state index is 0.0774. The molecule has 0 amide bonds. The minimum Gasteiger partial charge on any atom is -0.459 e. The van der Waals surface area contributed by atoms with E-state index >= 15 is 0 Å². The molecule has 0 saturated carbocycles. The lowest BCUT2D eigenvalue weighted by Gasteiger charge is -2.19. The van der Waals surface area contributed by atoms with Crippen molar-refractivity contribution in [1.82, 2.24) is 0 Å². The summed E-state index contributed by atoms with van der Waals surface area (Å²) in [5.41, 5.74) is -0.437. The zero-order valence-electron chi connectivity index (χ0n) is 8.55. The van der Waals surface area contributed by atoms with E-state index in [1.54, 1.807) is 0 Å². The summed E-state index contributed by atoms with van der Waals surface area (Å²) < 4.78 is 5.05. The molecule has 0 saturated heterocycles. The Bertz CT molecular complexity index is 194. The number of ether oxygens (including phenoxy) is 1. The Labute approximate surface area is 83.2 Å². The van der Waals surface area contributed by atoms with Gasteiger partial charge in [0.25, 0.3) is 0 Å². The number of ketones is 1. The molecule has 4 heteroatoms. The molecule has 0 bridgehead atoms. The molecule has 0 unspecified atom stereocenters. The van der Waals surface area contributed by atoms with E-state index < -0.39 is 5.60 Å². The Morgan fingerprint density at radius 1 is 1.23 bits per heavy atom. The van der Waals surface area contributed by atoms with Crippen LogP contribution in [0.15, 0.2) is 0 Å². The van der Waals surface area contributed by atoms with E-state index in [2.05, 4.69) is 0 Å². The molecule has 3 nitrogen and oxygen atoms in total. The molecule has 0 aromatic carbocycles. The van der Waals surface area contributed by atoms with Crippen LogP contribution in [-0.2, 0) is 14.3 Å². The van der Waals surface area contributed by atoms with Crippen LogP contribution in [0.3, 0.4) is 0 Å².